The molecule has 0 aliphatic carbocycles. The molecule has 0 spiro atoms. The molecule has 1 rings (SSSR count). The van der Waals surface area contributed by atoms with E-state index >= 15 is 0 Å². The second-order valence-electron chi connectivity index (χ2n) is 5.83. The molecule has 0 aromatic carbocycles. The van der Waals surface area contributed by atoms with Gasteiger partial charge in [-0.2, -0.15) is 0 Å². The first-order chi connectivity index (χ1) is 13.9. The molecule has 0 saturated heterocycles. The molecule has 162 valence electrons. The highest BCUT2D eigenvalue weighted by Crippen LogP contribution is 2.28. The van der Waals surface area contributed by atoms with Crippen molar-refractivity contribution in [3.8, 4) is 0 Å². The average molecular weight is 411 g/mol. The number of carbonyl (C=O) groups excluding carboxylic acids is 4. The summed E-state index contributed by atoms with van der Waals surface area (Å²) in [5, 5.41) is 0. The number of hydrogen-bond acceptors (Lipinski definition) is 8. The standard InChI is InChI=1S/C20H29NO8/c1-6-11-12-21-15(19(24)28-9-4)13(17(22)26-7-2)14(18(23)27-8-3)16(21)20(25)29-10-5/h6-12H2,1-5H3. The third-order valence-electron chi connectivity index (χ3n) is 3.90. The molecule has 0 aliphatic heterocycles. The minimum atomic E-state index is -0.917. The lowest BCUT2D eigenvalue weighted by molar-refractivity contribution is 0.0453. The summed E-state index contributed by atoms with van der Waals surface area (Å²) >= 11 is 0. The monoisotopic (exact) mass is 411 g/mol. The number of aromatic nitrogens is 1. The molecule has 0 atom stereocenters. The maximum Gasteiger partial charge on any atom is 0.355 e. The number of ether oxygens (including phenoxy) is 4. The summed E-state index contributed by atoms with van der Waals surface area (Å²) in [6.45, 7) is 8.64. The highest BCUT2D eigenvalue weighted by molar-refractivity contribution is 6.15. The molecule has 0 N–H and O–H groups in total. The second-order valence-corrected chi connectivity index (χ2v) is 5.83. The molecule has 9 heteroatoms. The zero-order chi connectivity index (χ0) is 22.0. The van der Waals surface area contributed by atoms with Crippen molar-refractivity contribution in [2.75, 3.05) is 26.4 Å². The zero-order valence-electron chi connectivity index (χ0n) is 17.7. The molecule has 0 radical (unpaired) electrons. The smallest absolute Gasteiger partial charge is 0.355 e. The average Bonchev–Trinajstić information content (AvgIpc) is 3.02. The van der Waals surface area contributed by atoms with E-state index in [1.54, 1.807) is 27.7 Å². The van der Waals surface area contributed by atoms with Crippen molar-refractivity contribution in [3.63, 3.8) is 0 Å². The largest absolute Gasteiger partial charge is 0.462 e. The van der Waals surface area contributed by atoms with Crippen LogP contribution in [0.15, 0.2) is 0 Å². The molecule has 9 nitrogen and oxygen atoms in total. The summed E-state index contributed by atoms with van der Waals surface area (Å²) in [5.41, 5.74) is -1.12. The number of carbonyl (C=O) groups is 4. The van der Waals surface area contributed by atoms with Crippen LogP contribution < -0.4 is 0 Å². The van der Waals surface area contributed by atoms with Gasteiger partial charge in [-0.25, -0.2) is 19.2 Å². The lowest BCUT2D eigenvalue weighted by atomic mass is 10.1. The van der Waals surface area contributed by atoms with Gasteiger partial charge in [0.05, 0.1) is 26.4 Å². The first-order valence-electron chi connectivity index (χ1n) is 9.84. The predicted octanol–water partition coefficient (Wildman–Crippen LogP) is 3.00. The van der Waals surface area contributed by atoms with Crippen LogP contribution in [0.5, 0.6) is 0 Å². The minimum Gasteiger partial charge on any atom is -0.462 e. The van der Waals surface area contributed by atoms with E-state index in [9.17, 15) is 19.2 Å². The summed E-state index contributed by atoms with van der Waals surface area (Å²) < 4.78 is 21.6. The molecular formula is C20H29NO8. The van der Waals surface area contributed by atoms with E-state index in [4.69, 9.17) is 18.9 Å². The molecule has 0 amide bonds. The summed E-state index contributed by atoms with van der Waals surface area (Å²) in [7, 11) is 0. The molecule has 0 unspecified atom stereocenters. The Morgan fingerprint density at radius 1 is 0.621 bits per heavy atom. The van der Waals surface area contributed by atoms with Crippen molar-refractivity contribution < 1.29 is 38.1 Å². The van der Waals surface area contributed by atoms with Gasteiger partial charge in [-0.1, -0.05) is 13.3 Å². The van der Waals surface area contributed by atoms with E-state index in [1.807, 2.05) is 6.92 Å². The SMILES string of the molecule is CCCCn1c(C(=O)OCC)c(C(=O)OCC)c(C(=O)OCC)c1C(=O)OCC. The Bertz CT molecular complexity index is 693. The van der Waals surface area contributed by atoms with Crippen molar-refractivity contribution in [3.05, 3.63) is 22.5 Å². The topological polar surface area (TPSA) is 110 Å². The number of hydrogen-bond donors (Lipinski definition) is 0. The fourth-order valence-corrected chi connectivity index (χ4v) is 2.79. The van der Waals surface area contributed by atoms with Crippen molar-refractivity contribution in [2.24, 2.45) is 0 Å². The third-order valence-corrected chi connectivity index (χ3v) is 3.90. The van der Waals surface area contributed by atoms with Crippen molar-refractivity contribution >= 4 is 23.9 Å². The Kier molecular flexibility index (Phi) is 9.91. The molecule has 1 heterocycles. The second kappa shape index (κ2) is 11.9. The molecular weight excluding hydrogens is 382 g/mol. The van der Waals surface area contributed by atoms with Crippen LogP contribution in [0.1, 0.15) is 89.2 Å². The van der Waals surface area contributed by atoms with Crippen molar-refractivity contribution in [2.45, 2.75) is 54.0 Å². The van der Waals surface area contributed by atoms with Gasteiger partial charge in [0.2, 0.25) is 0 Å². The van der Waals surface area contributed by atoms with Crippen LogP contribution >= 0.6 is 0 Å². The third kappa shape index (κ3) is 5.58. The Morgan fingerprint density at radius 3 is 1.28 bits per heavy atom. The van der Waals surface area contributed by atoms with E-state index in [1.165, 1.54) is 4.57 Å². The quantitative estimate of drug-likeness (QED) is 0.404. The lowest BCUT2D eigenvalue weighted by Crippen LogP contribution is -2.20. The van der Waals surface area contributed by atoms with Gasteiger partial charge in [0.1, 0.15) is 22.5 Å². The van der Waals surface area contributed by atoms with Gasteiger partial charge >= 0.3 is 23.9 Å². The van der Waals surface area contributed by atoms with Crippen LogP contribution in [0.3, 0.4) is 0 Å². The van der Waals surface area contributed by atoms with Crippen LogP contribution in [-0.2, 0) is 25.5 Å². The number of unbranched alkanes of at least 4 members (excludes halogenated alkanes) is 1. The van der Waals surface area contributed by atoms with Gasteiger partial charge in [0.25, 0.3) is 0 Å². The fraction of sp³-hybridized carbons (Fsp3) is 0.600. The normalized spacial score (nSPS) is 10.4. The highest BCUT2D eigenvalue weighted by Gasteiger charge is 2.39. The summed E-state index contributed by atoms with van der Waals surface area (Å²) in [6, 6.07) is 0. The summed E-state index contributed by atoms with van der Waals surface area (Å²) in [5.74, 6) is -3.51. The molecule has 1 aromatic heterocycles. The van der Waals surface area contributed by atoms with E-state index in [0.717, 1.165) is 6.42 Å². The van der Waals surface area contributed by atoms with Crippen LogP contribution in [-0.4, -0.2) is 54.9 Å². The number of esters is 4. The molecule has 0 saturated carbocycles. The molecule has 0 bridgehead atoms. The molecule has 29 heavy (non-hydrogen) atoms. The molecule has 1 aromatic rings. The fourth-order valence-electron chi connectivity index (χ4n) is 2.79. The zero-order valence-corrected chi connectivity index (χ0v) is 17.7. The van der Waals surface area contributed by atoms with Crippen LogP contribution in [0.25, 0.3) is 0 Å². The number of nitrogens with zero attached hydrogens (tertiary/aromatic N) is 1. The minimum absolute atomic E-state index is 0.0121. The lowest BCUT2D eigenvalue weighted by Gasteiger charge is -2.12. The Morgan fingerprint density at radius 2 is 0.966 bits per heavy atom. The molecule has 0 aliphatic rings. The van der Waals surface area contributed by atoms with Gasteiger partial charge in [0.15, 0.2) is 0 Å². The first-order valence-corrected chi connectivity index (χ1v) is 9.84. The van der Waals surface area contributed by atoms with Gasteiger partial charge < -0.3 is 23.5 Å². The maximum atomic E-state index is 12.7. The van der Waals surface area contributed by atoms with E-state index < -0.39 is 23.9 Å². The summed E-state index contributed by atoms with van der Waals surface area (Å²) in [6.07, 6.45) is 1.32. The van der Waals surface area contributed by atoms with E-state index in [2.05, 4.69) is 0 Å². The van der Waals surface area contributed by atoms with E-state index in [-0.39, 0.29) is 55.5 Å². The van der Waals surface area contributed by atoms with Gasteiger partial charge in [-0.3, -0.25) is 0 Å². The van der Waals surface area contributed by atoms with Gasteiger partial charge in [0, 0.05) is 6.54 Å². The van der Waals surface area contributed by atoms with Gasteiger partial charge in [-0.15, -0.1) is 0 Å². The molecule has 0 fully saturated rings. The van der Waals surface area contributed by atoms with Crippen molar-refractivity contribution in [1.29, 1.82) is 0 Å². The van der Waals surface area contributed by atoms with Crippen LogP contribution in [0.2, 0.25) is 0 Å². The van der Waals surface area contributed by atoms with Crippen LogP contribution in [0.4, 0.5) is 0 Å². The Hall–Kier alpha value is -2.84. The highest BCUT2D eigenvalue weighted by atomic mass is 16.5. The summed E-state index contributed by atoms with van der Waals surface area (Å²) in [4.78, 5) is 50.9. The first kappa shape index (κ1) is 24.2. The van der Waals surface area contributed by atoms with Crippen molar-refractivity contribution in [1.82, 2.24) is 4.57 Å². The maximum absolute atomic E-state index is 12.7. The Balaban J connectivity index is 3.95. The Labute approximate surface area is 170 Å². The van der Waals surface area contributed by atoms with E-state index in [0.29, 0.717) is 6.42 Å². The van der Waals surface area contributed by atoms with Gasteiger partial charge in [-0.05, 0) is 34.1 Å². The van der Waals surface area contributed by atoms with Crippen LogP contribution in [0, 0.1) is 0 Å². The number of rotatable bonds is 11. The predicted molar refractivity (Wildman–Crippen MR) is 103 cm³/mol.